The highest BCUT2D eigenvalue weighted by Gasteiger charge is 2.15. The van der Waals surface area contributed by atoms with Crippen molar-refractivity contribution in [2.75, 3.05) is 0 Å². The van der Waals surface area contributed by atoms with Crippen molar-refractivity contribution in [2.24, 2.45) is 0 Å². The van der Waals surface area contributed by atoms with E-state index >= 15 is 0 Å². The summed E-state index contributed by atoms with van der Waals surface area (Å²) in [5.74, 6) is -0.468. The molecule has 0 atom stereocenters. The quantitative estimate of drug-likeness (QED) is 0.404. The van der Waals surface area contributed by atoms with Crippen LogP contribution in [0.25, 0.3) is 10.9 Å². The third kappa shape index (κ3) is 3.19. The van der Waals surface area contributed by atoms with Gasteiger partial charge in [0.25, 0.3) is 0 Å². The summed E-state index contributed by atoms with van der Waals surface area (Å²) >= 11 is 4.37. The van der Waals surface area contributed by atoms with Crippen molar-refractivity contribution in [3.05, 3.63) is 19.4 Å². The number of ether oxygens (including phenoxy) is 2. The van der Waals surface area contributed by atoms with Crippen molar-refractivity contribution in [2.45, 2.75) is 13.8 Å². The Morgan fingerprint density at radius 2 is 1.58 bits per heavy atom. The second kappa shape index (κ2) is 5.65. The fourth-order valence-corrected chi connectivity index (χ4v) is 2.77. The van der Waals surface area contributed by atoms with E-state index in [0.717, 1.165) is 18.2 Å². The smallest absolute Gasteiger partial charge is 0.308 e. The van der Waals surface area contributed by atoms with Gasteiger partial charge in [0.2, 0.25) is 0 Å². The monoisotopic (exact) mass is 485 g/mol. The van der Waals surface area contributed by atoms with Crippen LogP contribution in [0.2, 0.25) is 0 Å². The molecule has 19 heavy (non-hydrogen) atoms. The average molecular weight is 485 g/mol. The number of fused-ring (bicyclic) bond motifs is 1. The van der Waals surface area contributed by atoms with Gasteiger partial charge in [0.15, 0.2) is 11.5 Å². The van der Waals surface area contributed by atoms with Crippen LogP contribution in [0.3, 0.4) is 0 Å². The van der Waals surface area contributed by atoms with Crippen LogP contribution in [-0.4, -0.2) is 16.9 Å². The first-order chi connectivity index (χ1) is 8.88. The Balaban J connectivity index is 2.62. The van der Waals surface area contributed by atoms with Gasteiger partial charge in [-0.15, -0.1) is 0 Å². The molecule has 0 unspecified atom stereocenters. The zero-order valence-electron chi connectivity index (χ0n) is 10.0. The van der Waals surface area contributed by atoms with E-state index in [9.17, 15) is 9.59 Å². The first-order valence-electron chi connectivity index (χ1n) is 5.26. The molecule has 0 aliphatic heterocycles. The molecule has 0 spiro atoms. The van der Waals surface area contributed by atoms with Gasteiger partial charge in [-0.05, 0) is 51.2 Å². The lowest BCUT2D eigenvalue weighted by molar-refractivity contribution is -0.134. The topological polar surface area (TPSA) is 68.4 Å². The number of aromatic amines is 1. The van der Waals surface area contributed by atoms with E-state index in [-0.39, 0.29) is 11.5 Å². The van der Waals surface area contributed by atoms with Crippen molar-refractivity contribution in [1.82, 2.24) is 4.98 Å². The number of nitrogens with one attached hydrogen (secondary N) is 1. The van der Waals surface area contributed by atoms with Crippen molar-refractivity contribution >= 4 is 68.0 Å². The first-order valence-corrected chi connectivity index (χ1v) is 7.41. The van der Waals surface area contributed by atoms with Crippen molar-refractivity contribution in [1.29, 1.82) is 0 Å². The SMILES string of the molecule is CC(=O)Oc1cc2[nH]c(I)c(I)c2cc1OC(C)=O. The maximum Gasteiger partial charge on any atom is 0.308 e. The van der Waals surface area contributed by atoms with Crippen LogP contribution >= 0.6 is 45.2 Å². The molecule has 0 saturated carbocycles. The number of carbonyl (C=O) groups is 2. The summed E-state index contributed by atoms with van der Waals surface area (Å²) in [7, 11) is 0. The predicted octanol–water partition coefficient (Wildman–Crippen LogP) is 3.23. The van der Waals surface area contributed by atoms with Crippen LogP contribution in [0.15, 0.2) is 12.1 Å². The molecule has 100 valence electrons. The lowest BCUT2D eigenvalue weighted by atomic mass is 10.2. The Morgan fingerprint density at radius 3 is 2.11 bits per heavy atom. The molecule has 0 aliphatic rings. The normalized spacial score (nSPS) is 10.5. The van der Waals surface area contributed by atoms with Gasteiger partial charge in [-0.2, -0.15) is 0 Å². The van der Waals surface area contributed by atoms with Gasteiger partial charge in [0.1, 0.15) is 0 Å². The number of H-pyrrole nitrogens is 1. The van der Waals surface area contributed by atoms with E-state index in [1.165, 1.54) is 13.8 Å². The Bertz CT molecular complexity index is 678. The average Bonchev–Trinajstić information content (AvgIpc) is 2.54. The second-order valence-electron chi connectivity index (χ2n) is 3.78. The number of esters is 2. The molecule has 0 aliphatic carbocycles. The summed E-state index contributed by atoms with van der Waals surface area (Å²) in [4.78, 5) is 25.4. The third-order valence-corrected chi connectivity index (χ3v) is 5.23. The van der Waals surface area contributed by atoms with Gasteiger partial charge < -0.3 is 14.5 Å². The molecular weight excluding hydrogens is 476 g/mol. The standard InChI is InChI=1S/C12H9I2NO4/c1-5(16)18-9-3-7-8(15-12(14)11(7)13)4-10(9)19-6(2)17/h3-4,15H,1-2H3. The van der Waals surface area contributed by atoms with Crippen LogP contribution in [0.1, 0.15) is 13.8 Å². The van der Waals surface area contributed by atoms with E-state index < -0.39 is 11.9 Å². The number of rotatable bonds is 2. The number of carbonyl (C=O) groups excluding carboxylic acids is 2. The van der Waals surface area contributed by atoms with Gasteiger partial charge in [0, 0.05) is 25.3 Å². The molecule has 0 amide bonds. The largest absolute Gasteiger partial charge is 0.423 e. The minimum absolute atomic E-state index is 0.226. The van der Waals surface area contributed by atoms with Gasteiger partial charge in [-0.25, -0.2) is 0 Å². The summed E-state index contributed by atoms with van der Waals surface area (Å²) in [6, 6.07) is 3.34. The van der Waals surface area contributed by atoms with Crippen molar-refractivity contribution < 1.29 is 19.1 Å². The first kappa shape index (κ1) is 14.6. The van der Waals surface area contributed by atoms with Crippen LogP contribution < -0.4 is 9.47 Å². The van der Waals surface area contributed by atoms with Gasteiger partial charge in [-0.3, -0.25) is 9.59 Å². The highest BCUT2D eigenvalue weighted by atomic mass is 127. The summed E-state index contributed by atoms with van der Waals surface area (Å²) < 4.78 is 12.1. The molecule has 1 N–H and O–H groups in total. The summed E-state index contributed by atoms with van der Waals surface area (Å²) in [5.41, 5.74) is 0.820. The van der Waals surface area contributed by atoms with Crippen LogP contribution in [0.4, 0.5) is 0 Å². The fraction of sp³-hybridized carbons (Fsp3) is 0.167. The molecule has 7 heteroatoms. The Hall–Kier alpha value is -0.840. The van der Waals surface area contributed by atoms with Gasteiger partial charge in [0.05, 0.1) is 12.8 Å². The molecule has 5 nitrogen and oxygen atoms in total. The maximum atomic E-state index is 11.1. The molecular formula is C12H9I2NO4. The zero-order valence-corrected chi connectivity index (χ0v) is 14.4. The minimum atomic E-state index is -0.469. The van der Waals surface area contributed by atoms with E-state index in [0.29, 0.717) is 0 Å². The fourth-order valence-electron chi connectivity index (χ4n) is 1.61. The Kier molecular flexibility index (Phi) is 4.33. The Labute approximate surface area is 136 Å². The number of hydrogen-bond acceptors (Lipinski definition) is 4. The van der Waals surface area contributed by atoms with Gasteiger partial charge in [-0.1, -0.05) is 0 Å². The predicted molar refractivity (Wildman–Crippen MR) is 86.4 cm³/mol. The van der Waals surface area contributed by atoms with E-state index in [1.807, 2.05) is 0 Å². The number of halogens is 2. The van der Waals surface area contributed by atoms with Crippen LogP contribution in [0, 0.1) is 7.27 Å². The molecule has 2 aromatic rings. The molecule has 1 aromatic heterocycles. The lowest BCUT2D eigenvalue weighted by Gasteiger charge is -2.08. The molecule has 0 saturated heterocycles. The Morgan fingerprint density at radius 1 is 1.05 bits per heavy atom. The number of hydrogen-bond donors (Lipinski definition) is 1. The summed E-state index contributed by atoms with van der Waals surface area (Å²) in [6.45, 7) is 2.59. The molecule has 0 radical (unpaired) electrons. The molecule has 2 rings (SSSR count). The van der Waals surface area contributed by atoms with Gasteiger partial charge >= 0.3 is 11.9 Å². The summed E-state index contributed by atoms with van der Waals surface area (Å²) in [6.07, 6.45) is 0. The highest BCUT2D eigenvalue weighted by molar-refractivity contribution is 14.1. The van der Waals surface area contributed by atoms with Crippen molar-refractivity contribution in [3.63, 3.8) is 0 Å². The van der Waals surface area contributed by atoms with Crippen LogP contribution in [0.5, 0.6) is 11.5 Å². The summed E-state index contributed by atoms with van der Waals surface area (Å²) in [5, 5.41) is 0.914. The highest BCUT2D eigenvalue weighted by Crippen LogP contribution is 2.36. The minimum Gasteiger partial charge on any atom is -0.423 e. The molecule has 1 aromatic carbocycles. The van der Waals surface area contributed by atoms with Crippen molar-refractivity contribution in [3.8, 4) is 11.5 Å². The molecule has 1 heterocycles. The third-order valence-electron chi connectivity index (χ3n) is 2.26. The van der Waals surface area contributed by atoms with Crippen LogP contribution in [-0.2, 0) is 9.59 Å². The number of benzene rings is 1. The lowest BCUT2D eigenvalue weighted by Crippen LogP contribution is -2.07. The zero-order chi connectivity index (χ0) is 14.2. The second-order valence-corrected chi connectivity index (χ2v) is 5.94. The molecule has 0 bridgehead atoms. The molecule has 0 fully saturated rings. The van der Waals surface area contributed by atoms with E-state index in [4.69, 9.17) is 9.47 Å². The number of aromatic nitrogens is 1. The van der Waals surface area contributed by atoms with E-state index in [2.05, 4.69) is 50.2 Å². The maximum absolute atomic E-state index is 11.1. The van der Waals surface area contributed by atoms with E-state index in [1.54, 1.807) is 12.1 Å².